The molecule has 0 unspecified atom stereocenters. The first-order valence-corrected chi connectivity index (χ1v) is 3.93. The monoisotopic (exact) mass is 164 g/mol. The summed E-state index contributed by atoms with van der Waals surface area (Å²) in [6.45, 7) is 2.04. The van der Waals surface area contributed by atoms with Crippen molar-refractivity contribution >= 4 is 6.29 Å². The van der Waals surface area contributed by atoms with E-state index in [0.717, 1.165) is 24.0 Å². The molecule has 0 saturated carbocycles. The minimum Gasteiger partial charge on any atom is -0.497 e. The number of carbonyl (C=O) groups is 1. The maximum atomic E-state index is 10.5. The molecule has 0 N–H and O–H groups in total. The van der Waals surface area contributed by atoms with Crippen LogP contribution in [0.4, 0.5) is 0 Å². The number of hydrogen-bond acceptors (Lipinski definition) is 2. The first-order chi connectivity index (χ1) is 5.80. The van der Waals surface area contributed by atoms with Crippen molar-refractivity contribution in [3.05, 3.63) is 29.3 Å². The van der Waals surface area contributed by atoms with Gasteiger partial charge in [0, 0.05) is 5.56 Å². The van der Waals surface area contributed by atoms with Crippen molar-refractivity contribution in [3.63, 3.8) is 0 Å². The van der Waals surface area contributed by atoms with Gasteiger partial charge in [-0.15, -0.1) is 0 Å². The van der Waals surface area contributed by atoms with Crippen LogP contribution in [0.3, 0.4) is 0 Å². The quantitative estimate of drug-likeness (QED) is 0.639. The Bertz CT molecular complexity index is 257. The fourth-order valence-corrected chi connectivity index (χ4v) is 1.08. The molecule has 0 spiro atoms. The van der Waals surface area contributed by atoms with Crippen molar-refractivity contribution in [3.8, 4) is 5.75 Å². The molecule has 0 aliphatic rings. The topological polar surface area (TPSA) is 26.3 Å². The maximum absolute atomic E-state index is 10.5. The average molecular weight is 164 g/mol. The zero-order valence-electron chi connectivity index (χ0n) is 7.33. The summed E-state index contributed by atoms with van der Waals surface area (Å²) in [5.41, 5.74) is 1.79. The van der Waals surface area contributed by atoms with E-state index in [1.807, 2.05) is 19.1 Å². The molecule has 1 rings (SSSR count). The first-order valence-electron chi connectivity index (χ1n) is 3.93. The minimum absolute atomic E-state index is 0.672. The molecule has 0 radical (unpaired) electrons. The molecule has 0 bridgehead atoms. The Morgan fingerprint density at radius 3 is 2.67 bits per heavy atom. The van der Waals surface area contributed by atoms with E-state index in [-0.39, 0.29) is 0 Å². The van der Waals surface area contributed by atoms with Crippen LogP contribution in [0.1, 0.15) is 22.8 Å². The third kappa shape index (κ3) is 1.84. The molecule has 0 saturated heterocycles. The second kappa shape index (κ2) is 3.90. The minimum atomic E-state index is 0.672. The normalized spacial score (nSPS) is 9.50. The zero-order chi connectivity index (χ0) is 8.97. The van der Waals surface area contributed by atoms with E-state index in [4.69, 9.17) is 4.74 Å². The van der Waals surface area contributed by atoms with E-state index >= 15 is 0 Å². The van der Waals surface area contributed by atoms with Crippen molar-refractivity contribution < 1.29 is 9.53 Å². The van der Waals surface area contributed by atoms with Gasteiger partial charge in [0.1, 0.15) is 12.0 Å². The van der Waals surface area contributed by atoms with Crippen LogP contribution in [-0.2, 0) is 6.42 Å². The summed E-state index contributed by atoms with van der Waals surface area (Å²) in [6, 6.07) is 5.54. The molecular formula is C10H12O2. The van der Waals surface area contributed by atoms with Crippen LogP contribution >= 0.6 is 0 Å². The lowest BCUT2D eigenvalue weighted by Crippen LogP contribution is -1.89. The number of benzene rings is 1. The second-order valence-corrected chi connectivity index (χ2v) is 2.59. The fourth-order valence-electron chi connectivity index (χ4n) is 1.08. The number of rotatable bonds is 3. The van der Waals surface area contributed by atoms with E-state index in [1.54, 1.807) is 13.2 Å². The molecule has 2 heteroatoms. The number of hydrogen-bond donors (Lipinski definition) is 0. The van der Waals surface area contributed by atoms with Gasteiger partial charge in [-0.25, -0.2) is 0 Å². The van der Waals surface area contributed by atoms with Crippen LogP contribution < -0.4 is 4.74 Å². The molecule has 0 atom stereocenters. The highest BCUT2D eigenvalue weighted by Gasteiger charge is 1.98. The van der Waals surface area contributed by atoms with Gasteiger partial charge in [0.05, 0.1) is 7.11 Å². The SMILES string of the molecule is CCc1cc(C=O)cc(OC)c1. The predicted octanol–water partition coefficient (Wildman–Crippen LogP) is 2.07. The van der Waals surface area contributed by atoms with Crippen LogP contribution in [0.15, 0.2) is 18.2 Å². The highest BCUT2D eigenvalue weighted by Crippen LogP contribution is 2.15. The molecule has 0 fully saturated rings. The Morgan fingerprint density at radius 2 is 2.17 bits per heavy atom. The Hall–Kier alpha value is -1.31. The summed E-state index contributed by atoms with van der Waals surface area (Å²) in [7, 11) is 1.60. The van der Waals surface area contributed by atoms with Gasteiger partial charge in [0.15, 0.2) is 0 Å². The molecule has 0 aliphatic carbocycles. The summed E-state index contributed by atoms with van der Waals surface area (Å²) in [6.07, 6.45) is 1.75. The number of aryl methyl sites for hydroxylation is 1. The molecule has 0 amide bonds. The third-order valence-electron chi connectivity index (χ3n) is 1.77. The van der Waals surface area contributed by atoms with Crippen LogP contribution in [0.5, 0.6) is 5.75 Å². The van der Waals surface area contributed by atoms with E-state index < -0.39 is 0 Å². The maximum Gasteiger partial charge on any atom is 0.150 e. The molecule has 1 aromatic rings. The van der Waals surface area contributed by atoms with Gasteiger partial charge in [-0.2, -0.15) is 0 Å². The molecular weight excluding hydrogens is 152 g/mol. The van der Waals surface area contributed by atoms with Crippen LogP contribution in [0, 0.1) is 0 Å². The van der Waals surface area contributed by atoms with Crippen LogP contribution in [0.25, 0.3) is 0 Å². The summed E-state index contributed by atoms with van der Waals surface area (Å²) >= 11 is 0. The summed E-state index contributed by atoms with van der Waals surface area (Å²) in [4.78, 5) is 10.5. The standard InChI is InChI=1S/C10H12O2/c1-3-8-4-9(7-11)6-10(5-8)12-2/h4-7H,3H2,1-2H3. The van der Waals surface area contributed by atoms with Crippen molar-refractivity contribution in [2.24, 2.45) is 0 Å². The highest BCUT2D eigenvalue weighted by atomic mass is 16.5. The fraction of sp³-hybridized carbons (Fsp3) is 0.300. The Kier molecular flexibility index (Phi) is 2.86. The van der Waals surface area contributed by atoms with E-state index in [9.17, 15) is 4.79 Å². The molecule has 0 aliphatic heterocycles. The molecule has 64 valence electrons. The number of ether oxygens (including phenoxy) is 1. The smallest absolute Gasteiger partial charge is 0.150 e. The lowest BCUT2D eigenvalue weighted by molar-refractivity contribution is 0.112. The first kappa shape index (κ1) is 8.78. The Balaban J connectivity index is 3.09. The molecule has 1 aromatic carbocycles. The predicted molar refractivity (Wildman–Crippen MR) is 47.8 cm³/mol. The van der Waals surface area contributed by atoms with Gasteiger partial charge in [0.2, 0.25) is 0 Å². The molecule has 0 heterocycles. The van der Waals surface area contributed by atoms with Gasteiger partial charge in [-0.1, -0.05) is 6.92 Å². The Labute approximate surface area is 72.2 Å². The lowest BCUT2D eigenvalue weighted by atomic mass is 10.1. The Morgan fingerprint density at radius 1 is 1.42 bits per heavy atom. The van der Waals surface area contributed by atoms with E-state index in [2.05, 4.69) is 0 Å². The van der Waals surface area contributed by atoms with Gasteiger partial charge >= 0.3 is 0 Å². The van der Waals surface area contributed by atoms with Gasteiger partial charge < -0.3 is 4.74 Å². The number of methoxy groups -OCH3 is 1. The largest absolute Gasteiger partial charge is 0.497 e. The van der Waals surface area contributed by atoms with Crippen molar-refractivity contribution in [1.82, 2.24) is 0 Å². The second-order valence-electron chi connectivity index (χ2n) is 2.59. The molecule has 2 nitrogen and oxygen atoms in total. The van der Waals surface area contributed by atoms with E-state index in [0.29, 0.717) is 5.56 Å². The van der Waals surface area contributed by atoms with Gasteiger partial charge in [-0.05, 0) is 30.2 Å². The van der Waals surface area contributed by atoms with Crippen LogP contribution in [0.2, 0.25) is 0 Å². The number of aldehydes is 1. The van der Waals surface area contributed by atoms with Gasteiger partial charge in [-0.3, -0.25) is 4.79 Å². The summed E-state index contributed by atoms with van der Waals surface area (Å²) in [5, 5.41) is 0. The molecule has 12 heavy (non-hydrogen) atoms. The molecule has 0 aromatic heterocycles. The number of carbonyl (C=O) groups excluding carboxylic acids is 1. The van der Waals surface area contributed by atoms with Crippen molar-refractivity contribution in [2.75, 3.05) is 7.11 Å². The third-order valence-corrected chi connectivity index (χ3v) is 1.77. The highest BCUT2D eigenvalue weighted by molar-refractivity contribution is 5.76. The average Bonchev–Trinajstić information content (AvgIpc) is 2.16. The van der Waals surface area contributed by atoms with Crippen molar-refractivity contribution in [2.45, 2.75) is 13.3 Å². The van der Waals surface area contributed by atoms with E-state index in [1.165, 1.54) is 0 Å². The van der Waals surface area contributed by atoms with Crippen LogP contribution in [-0.4, -0.2) is 13.4 Å². The summed E-state index contributed by atoms with van der Waals surface area (Å²) in [5.74, 6) is 0.747. The van der Waals surface area contributed by atoms with Crippen molar-refractivity contribution in [1.29, 1.82) is 0 Å². The zero-order valence-corrected chi connectivity index (χ0v) is 7.33. The summed E-state index contributed by atoms with van der Waals surface area (Å²) < 4.78 is 5.04. The lowest BCUT2D eigenvalue weighted by Gasteiger charge is -2.03. The van der Waals surface area contributed by atoms with Gasteiger partial charge in [0.25, 0.3) is 0 Å².